The zero-order chi connectivity index (χ0) is 17.2. The van der Waals surface area contributed by atoms with Crippen LogP contribution >= 0.6 is 0 Å². The molecule has 118 valence electrons. The summed E-state index contributed by atoms with van der Waals surface area (Å²) in [6.07, 6.45) is 1.61. The van der Waals surface area contributed by atoms with Crippen LogP contribution in [-0.2, 0) is 0 Å². The number of hydrogen-bond donors (Lipinski definition) is 0. The van der Waals surface area contributed by atoms with Crippen LogP contribution in [0, 0.1) is 11.3 Å². The summed E-state index contributed by atoms with van der Waals surface area (Å²) in [5, 5.41) is 10.1. The van der Waals surface area contributed by atoms with E-state index in [0.29, 0.717) is 11.1 Å². The van der Waals surface area contributed by atoms with E-state index >= 15 is 0 Å². The van der Waals surface area contributed by atoms with E-state index in [-0.39, 0.29) is 5.91 Å². The van der Waals surface area contributed by atoms with Gasteiger partial charge in [-0.25, -0.2) is 0 Å². The lowest BCUT2D eigenvalue weighted by Gasteiger charge is -2.06. The highest BCUT2D eigenvalue weighted by molar-refractivity contribution is 6.03. The van der Waals surface area contributed by atoms with Gasteiger partial charge in [0, 0.05) is 17.1 Å². The third-order valence-electron chi connectivity index (χ3n) is 4.29. The van der Waals surface area contributed by atoms with Crippen LogP contribution in [0.1, 0.15) is 15.9 Å². The average Bonchev–Trinajstić information content (AvgIpc) is 3.07. The Labute approximate surface area is 145 Å². The van der Waals surface area contributed by atoms with Gasteiger partial charge in [-0.15, -0.1) is 0 Å². The Hall–Kier alpha value is -3.64. The van der Waals surface area contributed by atoms with Gasteiger partial charge >= 0.3 is 0 Å². The molecule has 0 N–H and O–H groups in total. The Kier molecular flexibility index (Phi) is 3.64. The molecule has 0 atom stereocenters. The van der Waals surface area contributed by atoms with E-state index in [0.717, 1.165) is 22.0 Å². The van der Waals surface area contributed by atoms with Crippen molar-refractivity contribution < 1.29 is 4.79 Å². The monoisotopic (exact) mass is 322 g/mol. The molecule has 3 nitrogen and oxygen atoms in total. The molecule has 3 heteroatoms. The van der Waals surface area contributed by atoms with Crippen LogP contribution in [0.3, 0.4) is 0 Å². The summed E-state index contributed by atoms with van der Waals surface area (Å²) >= 11 is 0. The number of aromatic nitrogens is 1. The Bertz CT molecular complexity index is 1100. The molecule has 0 aliphatic rings. The van der Waals surface area contributed by atoms with Crippen LogP contribution in [0.25, 0.3) is 22.0 Å². The summed E-state index contributed by atoms with van der Waals surface area (Å²) in [5.41, 5.74) is 4.01. The van der Waals surface area contributed by atoms with Crippen LogP contribution in [0.2, 0.25) is 0 Å². The van der Waals surface area contributed by atoms with Crippen molar-refractivity contribution >= 4 is 16.8 Å². The summed E-state index contributed by atoms with van der Waals surface area (Å²) in [6, 6.07) is 27.2. The predicted molar refractivity (Wildman–Crippen MR) is 98.3 cm³/mol. The van der Waals surface area contributed by atoms with Gasteiger partial charge in [-0.05, 0) is 29.3 Å². The highest BCUT2D eigenvalue weighted by Crippen LogP contribution is 2.23. The normalized spacial score (nSPS) is 10.5. The molecule has 0 saturated carbocycles. The Morgan fingerprint density at radius 2 is 1.44 bits per heavy atom. The quantitative estimate of drug-likeness (QED) is 0.528. The Morgan fingerprint density at radius 1 is 0.800 bits per heavy atom. The number of nitriles is 1. The minimum absolute atomic E-state index is 0.141. The maximum absolute atomic E-state index is 12.9. The highest BCUT2D eigenvalue weighted by atomic mass is 16.2. The summed E-state index contributed by atoms with van der Waals surface area (Å²) in [7, 11) is 0. The number of nitrogens with zero attached hydrogens (tertiary/aromatic N) is 2. The van der Waals surface area contributed by atoms with E-state index in [1.165, 1.54) is 0 Å². The molecule has 4 rings (SSSR count). The molecular weight excluding hydrogens is 308 g/mol. The number of rotatable bonds is 2. The van der Waals surface area contributed by atoms with Crippen LogP contribution in [0.4, 0.5) is 0 Å². The molecule has 0 unspecified atom stereocenters. The van der Waals surface area contributed by atoms with E-state index in [4.69, 9.17) is 0 Å². The second-order valence-electron chi connectivity index (χ2n) is 5.79. The maximum Gasteiger partial charge on any atom is 0.262 e. The minimum Gasteiger partial charge on any atom is -0.282 e. The van der Waals surface area contributed by atoms with Crippen LogP contribution in [-0.4, -0.2) is 10.5 Å². The van der Waals surface area contributed by atoms with Gasteiger partial charge in [-0.3, -0.25) is 9.36 Å². The van der Waals surface area contributed by atoms with Crippen molar-refractivity contribution in [2.45, 2.75) is 0 Å². The molecule has 0 bridgehead atoms. The molecule has 1 aromatic heterocycles. The molecule has 0 radical (unpaired) electrons. The molecule has 0 saturated heterocycles. The number of carbonyl (C=O) groups is 1. The van der Waals surface area contributed by atoms with Crippen molar-refractivity contribution in [2.24, 2.45) is 0 Å². The fraction of sp³-hybridized carbons (Fsp3) is 0. The third-order valence-corrected chi connectivity index (χ3v) is 4.29. The zero-order valence-electron chi connectivity index (χ0n) is 13.4. The first-order chi connectivity index (χ1) is 12.3. The topological polar surface area (TPSA) is 45.8 Å². The number of hydrogen-bond acceptors (Lipinski definition) is 2. The highest BCUT2D eigenvalue weighted by Gasteiger charge is 2.15. The molecule has 0 aliphatic carbocycles. The first-order valence-electron chi connectivity index (χ1n) is 7.98. The fourth-order valence-corrected chi connectivity index (χ4v) is 3.01. The van der Waals surface area contributed by atoms with E-state index in [1.54, 1.807) is 10.8 Å². The van der Waals surface area contributed by atoms with Gasteiger partial charge in [0.25, 0.3) is 5.91 Å². The molecule has 3 aromatic carbocycles. The number of benzene rings is 3. The van der Waals surface area contributed by atoms with Crippen molar-refractivity contribution in [3.05, 3.63) is 96.2 Å². The SMILES string of the molecule is N#Cc1cn(C(=O)c2ccc(-c3ccccc3)cc2)c2ccccc12. The third kappa shape index (κ3) is 2.60. The molecule has 4 aromatic rings. The first kappa shape index (κ1) is 14.9. The second-order valence-corrected chi connectivity index (χ2v) is 5.79. The largest absolute Gasteiger partial charge is 0.282 e. The van der Waals surface area contributed by atoms with Gasteiger partial charge in [0.15, 0.2) is 0 Å². The Morgan fingerprint density at radius 3 is 2.16 bits per heavy atom. The fourth-order valence-electron chi connectivity index (χ4n) is 3.01. The summed E-state index contributed by atoms with van der Waals surface area (Å²) in [6.45, 7) is 0. The zero-order valence-corrected chi connectivity index (χ0v) is 13.4. The van der Waals surface area contributed by atoms with E-state index < -0.39 is 0 Å². The standard InChI is InChI=1S/C22H14N2O/c23-14-19-15-24(21-9-5-4-8-20(19)21)22(25)18-12-10-17(11-13-18)16-6-2-1-3-7-16/h1-13,15H. The van der Waals surface area contributed by atoms with E-state index in [2.05, 4.69) is 6.07 Å². The molecular formula is C22H14N2O. The lowest BCUT2D eigenvalue weighted by atomic mass is 10.0. The van der Waals surface area contributed by atoms with Crippen LogP contribution < -0.4 is 0 Å². The van der Waals surface area contributed by atoms with E-state index in [1.807, 2.05) is 78.9 Å². The average molecular weight is 322 g/mol. The van der Waals surface area contributed by atoms with Crippen LogP contribution in [0.5, 0.6) is 0 Å². The summed E-state index contributed by atoms with van der Waals surface area (Å²) in [5.74, 6) is -0.141. The second kappa shape index (κ2) is 6.10. The summed E-state index contributed by atoms with van der Waals surface area (Å²) < 4.78 is 1.55. The van der Waals surface area contributed by atoms with Crippen LogP contribution in [0.15, 0.2) is 85.1 Å². The smallest absolute Gasteiger partial charge is 0.262 e. The van der Waals surface area contributed by atoms with Gasteiger partial charge in [0.1, 0.15) is 6.07 Å². The number of para-hydroxylation sites is 1. The number of fused-ring (bicyclic) bond motifs is 1. The lowest BCUT2D eigenvalue weighted by molar-refractivity contribution is 0.0965. The van der Waals surface area contributed by atoms with Crippen molar-refractivity contribution in [2.75, 3.05) is 0 Å². The van der Waals surface area contributed by atoms with E-state index in [9.17, 15) is 10.1 Å². The molecule has 1 heterocycles. The summed E-state index contributed by atoms with van der Waals surface area (Å²) in [4.78, 5) is 12.9. The molecule has 0 fully saturated rings. The van der Waals surface area contributed by atoms with Gasteiger partial charge in [0.2, 0.25) is 0 Å². The lowest BCUT2D eigenvalue weighted by Crippen LogP contribution is -2.10. The van der Waals surface area contributed by atoms with Crippen molar-refractivity contribution in [3.63, 3.8) is 0 Å². The first-order valence-corrected chi connectivity index (χ1v) is 7.98. The maximum atomic E-state index is 12.9. The predicted octanol–water partition coefficient (Wildman–Crippen LogP) is 4.87. The van der Waals surface area contributed by atoms with Crippen molar-refractivity contribution in [1.82, 2.24) is 4.57 Å². The minimum atomic E-state index is -0.141. The Balaban J connectivity index is 1.74. The van der Waals surface area contributed by atoms with Gasteiger partial charge < -0.3 is 0 Å². The molecule has 0 amide bonds. The van der Waals surface area contributed by atoms with Gasteiger partial charge in [0.05, 0.1) is 11.1 Å². The molecule has 0 spiro atoms. The molecule has 25 heavy (non-hydrogen) atoms. The van der Waals surface area contributed by atoms with Gasteiger partial charge in [-0.2, -0.15) is 5.26 Å². The van der Waals surface area contributed by atoms with Gasteiger partial charge in [-0.1, -0.05) is 60.7 Å². The van der Waals surface area contributed by atoms with Crippen molar-refractivity contribution in [3.8, 4) is 17.2 Å². The molecule has 0 aliphatic heterocycles. The number of carbonyl (C=O) groups excluding carboxylic acids is 1. The van der Waals surface area contributed by atoms with Crippen molar-refractivity contribution in [1.29, 1.82) is 5.26 Å².